The van der Waals surface area contributed by atoms with Gasteiger partial charge in [0.05, 0.1) is 0 Å². The van der Waals surface area contributed by atoms with Crippen LogP contribution in [0.3, 0.4) is 0 Å². The van der Waals surface area contributed by atoms with Gasteiger partial charge in [0.2, 0.25) is 0 Å². The molecule has 2 nitrogen and oxygen atoms in total. The summed E-state index contributed by atoms with van der Waals surface area (Å²) in [6.45, 7) is 14.5. The SMILES string of the molecule is C/C=C(\O/C=C(\N)C(C)(C)C)C(C)(C)C. The van der Waals surface area contributed by atoms with Gasteiger partial charge >= 0.3 is 0 Å². The molecule has 0 heterocycles. The molecule has 0 amide bonds. The van der Waals surface area contributed by atoms with Crippen LogP contribution < -0.4 is 5.73 Å². The number of ether oxygens (including phenoxy) is 1. The topological polar surface area (TPSA) is 35.2 Å². The van der Waals surface area contributed by atoms with Gasteiger partial charge in [0.15, 0.2) is 0 Å². The second-order valence-electron chi connectivity index (χ2n) is 5.84. The Labute approximate surface area is 94.2 Å². The Balaban J connectivity index is 4.64. The van der Waals surface area contributed by atoms with Gasteiger partial charge in [-0.1, -0.05) is 41.5 Å². The quantitative estimate of drug-likeness (QED) is 0.705. The normalized spacial score (nSPS) is 15.4. The minimum atomic E-state index is -0.0449. The first kappa shape index (κ1) is 14.1. The molecule has 0 aromatic carbocycles. The fourth-order valence-corrected chi connectivity index (χ4v) is 0.982. The van der Waals surface area contributed by atoms with Crippen LogP contribution in [0.5, 0.6) is 0 Å². The first-order chi connectivity index (χ1) is 6.59. The van der Waals surface area contributed by atoms with Crippen LogP contribution in [0.2, 0.25) is 0 Å². The average molecular weight is 211 g/mol. The first-order valence-electron chi connectivity index (χ1n) is 5.38. The lowest BCUT2D eigenvalue weighted by atomic mass is 9.92. The smallest absolute Gasteiger partial charge is 0.110 e. The Morgan fingerprint density at radius 1 is 1.00 bits per heavy atom. The van der Waals surface area contributed by atoms with Crippen molar-refractivity contribution in [2.24, 2.45) is 16.6 Å². The Hall–Kier alpha value is -0.920. The van der Waals surface area contributed by atoms with Gasteiger partial charge in [0, 0.05) is 16.5 Å². The lowest BCUT2D eigenvalue weighted by molar-refractivity contribution is 0.237. The Kier molecular flexibility index (Phi) is 4.44. The minimum Gasteiger partial charge on any atom is -0.467 e. The zero-order valence-electron chi connectivity index (χ0n) is 11.1. The molecule has 0 fully saturated rings. The van der Waals surface area contributed by atoms with Crippen LogP contribution in [0, 0.1) is 10.8 Å². The summed E-state index contributed by atoms with van der Waals surface area (Å²) in [7, 11) is 0. The van der Waals surface area contributed by atoms with Gasteiger partial charge in [-0.15, -0.1) is 0 Å². The van der Waals surface area contributed by atoms with Crippen molar-refractivity contribution in [2.75, 3.05) is 0 Å². The van der Waals surface area contributed by atoms with Crippen LogP contribution in [-0.4, -0.2) is 0 Å². The van der Waals surface area contributed by atoms with E-state index in [4.69, 9.17) is 10.5 Å². The first-order valence-corrected chi connectivity index (χ1v) is 5.38. The van der Waals surface area contributed by atoms with Gasteiger partial charge in [0.25, 0.3) is 0 Å². The fraction of sp³-hybridized carbons (Fsp3) is 0.692. The summed E-state index contributed by atoms with van der Waals surface area (Å²) in [5.41, 5.74) is 6.63. The van der Waals surface area contributed by atoms with E-state index in [0.29, 0.717) is 0 Å². The summed E-state index contributed by atoms with van der Waals surface area (Å²) in [5.74, 6) is 0.940. The Bertz CT molecular complexity index is 261. The molecule has 15 heavy (non-hydrogen) atoms. The maximum Gasteiger partial charge on any atom is 0.110 e. The van der Waals surface area contributed by atoms with Crippen molar-refractivity contribution in [3.63, 3.8) is 0 Å². The van der Waals surface area contributed by atoms with Gasteiger partial charge < -0.3 is 10.5 Å². The maximum absolute atomic E-state index is 5.91. The molecule has 0 aromatic rings. The molecule has 0 aromatic heterocycles. The van der Waals surface area contributed by atoms with E-state index in [1.807, 2.05) is 13.0 Å². The molecule has 0 aliphatic carbocycles. The number of nitrogens with two attached hydrogens (primary N) is 1. The predicted octanol–water partition coefficient (Wildman–Crippen LogP) is 3.80. The molecule has 88 valence electrons. The van der Waals surface area contributed by atoms with Crippen LogP contribution >= 0.6 is 0 Å². The molecule has 2 N–H and O–H groups in total. The van der Waals surface area contributed by atoms with Crippen LogP contribution in [-0.2, 0) is 4.74 Å². The van der Waals surface area contributed by atoms with Crippen molar-refractivity contribution in [1.82, 2.24) is 0 Å². The van der Waals surface area contributed by atoms with Crippen molar-refractivity contribution in [3.05, 3.63) is 23.8 Å². The van der Waals surface area contributed by atoms with E-state index >= 15 is 0 Å². The largest absolute Gasteiger partial charge is 0.467 e. The van der Waals surface area contributed by atoms with Crippen molar-refractivity contribution in [3.8, 4) is 0 Å². The second-order valence-corrected chi connectivity index (χ2v) is 5.84. The molecule has 0 rings (SSSR count). The molecule has 0 saturated carbocycles. The molecular formula is C13H25NO. The van der Waals surface area contributed by atoms with Gasteiger partial charge in [-0.2, -0.15) is 0 Å². The van der Waals surface area contributed by atoms with Crippen molar-refractivity contribution in [1.29, 1.82) is 0 Å². The molecule has 0 atom stereocenters. The second kappa shape index (κ2) is 4.73. The van der Waals surface area contributed by atoms with E-state index in [1.165, 1.54) is 0 Å². The van der Waals surface area contributed by atoms with E-state index in [1.54, 1.807) is 6.26 Å². The molecule has 0 saturated heterocycles. The highest BCUT2D eigenvalue weighted by Crippen LogP contribution is 2.27. The fourth-order valence-electron chi connectivity index (χ4n) is 0.982. The minimum absolute atomic E-state index is 0.0173. The molecule has 0 aliphatic rings. The number of allylic oxidation sites excluding steroid dienone is 3. The third-order valence-electron chi connectivity index (χ3n) is 2.18. The predicted molar refractivity (Wildman–Crippen MR) is 66.0 cm³/mol. The standard InChI is InChI=1S/C13H25NO/c1-8-11(13(5,6)7)15-9-10(14)12(2,3)4/h8-9H,14H2,1-7H3/b10-9-,11-8-. The summed E-state index contributed by atoms with van der Waals surface area (Å²) < 4.78 is 5.62. The lowest BCUT2D eigenvalue weighted by Crippen LogP contribution is -2.18. The van der Waals surface area contributed by atoms with Crippen molar-refractivity contribution < 1.29 is 4.74 Å². The highest BCUT2D eigenvalue weighted by Gasteiger charge is 2.19. The van der Waals surface area contributed by atoms with E-state index < -0.39 is 0 Å². The zero-order chi connectivity index (χ0) is 12.3. The summed E-state index contributed by atoms with van der Waals surface area (Å²) >= 11 is 0. The molecule has 0 aliphatic heterocycles. The van der Waals surface area contributed by atoms with E-state index in [0.717, 1.165) is 11.5 Å². The van der Waals surface area contributed by atoms with E-state index in [9.17, 15) is 0 Å². The molecule has 0 bridgehead atoms. The van der Waals surface area contributed by atoms with Crippen LogP contribution in [0.1, 0.15) is 48.5 Å². The highest BCUT2D eigenvalue weighted by atomic mass is 16.5. The van der Waals surface area contributed by atoms with E-state index in [-0.39, 0.29) is 10.8 Å². The van der Waals surface area contributed by atoms with Gasteiger partial charge in [-0.25, -0.2) is 0 Å². The van der Waals surface area contributed by atoms with Crippen LogP contribution in [0.4, 0.5) is 0 Å². The highest BCUT2D eigenvalue weighted by molar-refractivity contribution is 5.08. The molecule has 0 spiro atoms. The Morgan fingerprint density at radius 3 is 1.73 bits per heavy atom. The van der Waals surface area contributed by atoms with Crippen LogP contribution in [0.25, 0.3) is 0 Å². The number of rotatable bonds is 2. The third kappa shape index (κ3) is 4.91. The summed E-state index contributed by atoms with van der Waals surface area (Å²) in [6.07, 6.45) is 3.63. The van der Waals surface area contributed by atoms with Crippen molar-refractivity contribution >= 4 is 0 Å². The molecule has 0 unspecified atom stereocenters. The lowest BCUT2D eigenvalue weighted by Gasteiger charge is -2.23. The summed E-state index contributed by atoms with van der Waals surface area (Å²) in [5, 5.41) is 0. The van der Waals surface area contributed by atoms with Gasteiger partial charge in [-0.3, -0.25) is 0 Å². The molecule has 0 radical (unpaired) electrons. The monoisotopic (exact) mass is 211 g/mol. The molecule has 2 heteroatoms. The Morgan fingerprint density at radius 2 is 1.47 bits per heavy atom. The van der Waals surface area contributed by atoms with Gasteiger partial charge in [-0.05, 0) is 13.0 Å². The van der Waals surface area contributed by atoms with Crippen molar-refractivity contribution in [2.45, 2.75) is 48.5 Å². The zero-order valence-corrected chi connectivity index (χ0v) is 11.1. The summed E-state index contributed by atoms with van der Waals surface area (Å²) in [4.78, 5) is 0. The number of hydrogen-bond acceptors (Lipinski definition) is 2. The molecular weight excluding hydrogens is 186 g/mol. The summed E-state index contributed by atoms with van der Waals surface area (Å²) in [6, 6.07) is 0. The third-order valence-corrected chi connectivity index (χ3v) is 2.18. The maximum atomic E-state index is 5.91. The van der Waals surface area contributed by atoms with Gasteiger partial charge in [0.1, 0.15) is 12.0 Å². The van der Waals surface area contributed by atoms with Crippen LogP contribution in [0.15, 0.2) is 23.8 Å². The van der Waals surface area contributed by atoms with E-state index in [2.05, 4.69) is 41.5 Å². The number of hydrogen-bond donors (Lipinski definition) is 1. The average Bonchev–Trinajstić information content (AvgIpc) is 2.00.